The van der Waals surface area contributed by atoms with E-state index in [2.05, 4.69) is 29.9 Å². The summed E-state index contributed by atoms with van der Waals surface area (Å²) in [4.78, 5) is 25.1. The third kappa shape index (κ3) is 9.12. The lowest BCUT2D eigenvalue weighted by atomic mass is 10.1. The normalized spacial score (nSPS) is 15.3. The number of anilines is 1. The predicted molar refractivity (Wildman–Crippen MR) is 146 cm³/mol. The first-order valence-corrected chi connectivity index (χ1v) is 14.7. The second-order valence-electron chi connectivity index (χ2n) is 10.0. The van der Waals surface area contributed by atoms with E-state index in [9.17, 15) is 22.5 Å². The molecule has 0 aliphatic carbocycles. The van der Waals surface area contributed by atoms with Crippen LogP contribution in [-0.2, 0) is 25.4 Å². The van der Waals surface area contributed by atoms with Gasteiger partial charge in [-0.15, -0.1) is 13.2 Å². The minimum Gasteiger partial charge on any atom is -0.464 e. The van der Waals surface area contributed by atoms with Crippen molar-refractivity contribution in [2.24, 2.45) is 0 Å². The van der Waals surface area contributed by atoms with Crippen molar-refractivity contribution >= 4 is 30.4 Å². The summed E-state index contributed by atoms with van der Waals surface area (Å²) >= 11 is 0. The number of carbonyl (C=O) groups is 1. The van der Waals surface area contributed by atoms with E-state index in [4.69, 9.17) is 15.2 Å². The number of nitrogens with zero attached hydrogens (tertiary/aromatic N) is 4. The molecule has 0 amide bonds. The van der Waals surface area contributed by atoms with Gasteiger partial charge in [0.05, 0.1) is 25.6 Å². The molecule has 2 heterocycles. The summed E-state index contributed by atoms with van der Waals surface area (Å²) in [5.41, 5.74) is 5.98. The first-order valence-electron chi connectivity index (χ1n) is 12.8. The van der Waals surface area contributed by atoms with Crippen molar-refractivity contribution in [1.29, 1.82) is 0 Å². The van der Waals surface area contributed by atoms with Gasteiger partial charge in [0.1, 0.15) is 29.5 Å². The number of halogens is 3. The van der Waals surface area contributed by atoms with Crippen molar-refractivity contribution in [3.63, 3.8) is 0 Å². The summed E-state index contributed by atoms with van der Waals surface area (Å²) in [6, 6.07) is 4.55. The highest BCUT2D eigenvalue weighted by Crippen LogP contribution is 2.42. The molecule has 0 aliphatic rings. The fraction of sp³-hybridized carbons (Fsp3) is 0.520. The van der Waals surface area contributed by atoms with Crippen LogP contribution in [0.5, 0.6) is 5.75 Å². The second-order valence-corrected chi connectivity index (χ2v) is 12.2. The summed E-state index contributed by atoms with van der Waals surface area (Å²) in [5, 5.41) is 5.88. The Labute approximate surface area is 235 Å². The maximum Gasteiger partial charge on any atom is 0.573 e. The summed E-state index contributed by atoms with van der Waals surface area (Å²) < 4.78 is 68.7. The van der Waals surface area contributed by atoms with Gasteiger partial charge in [-0.3, -0.25) is 9.36 Å². The van der Waals surface area contributed by atoms with Gasteiger partial charge < -0.3 is 24.5 Å². The number of fused-ring (bicyclic) bond motifs is 1. The molecule has 0 aliphatic heterocycles. The van der Waals surface area contributed by atoms with Gasteiger partial charge >= 0.3 is 12.3 Å². The number of hydrogen-bond donors (Lipinski definition) is 3. The fourth-order valence-electron chi connectivity index (χ4n) is 3.91. The average molecular weight is 602 g/mol. The molecule has 16 heteroatoms. The van der Waals surface area contributed by atoms with Crippen LogP contribution < -0.4 is 20.6 Å². The van der Waals surface area contributed by atoms with E-state index in [-0.39, 0.29) is 24.5 Å². The van der Waals surface area contributed by atoms with Crippen LogP contribution in [0.15, 0.2) is 36.9 Å². The highest BCUT2D eigenvalue weighted by atomic mass is 31.2. The van der Waals surface area contributed by atoms with Crippen molar-refractivity contribution < 1.29 is 36.7 Å². The Kier molecular flexibility index (Phi) is 10.3. The lowest BCUT2D eigenvalue weighted by Crippen LogP contribution is -2.49. The van der Waals surface area contributed by atoms with E-state index in [0.717, 1.165) is 12.1 Å². The molecule has 0 saturated carbocycles. The zero-order valence-electron chi connectivity index (χ0n) is 23.4. The van der Waals surface area contributed by atoms with Crippen LogP contribution in [0.1, 0.15) is 52.6 Å². The Morgan fingerprint density at radius 3 is 2.46 bits per heavy atom. The fourth-order valence-corrected chi connectivity index (χ4v) is 6.35. The van der Waals surface area contributed by atoms with E-state index in [0.29, 0.717) is 29.7 Å². The van der Waals surface area contributed by atoms with Gasteiger partial charge in [-0.05, 0) is 51.8 Å². The van der Waals surface area contributed by atoms with Gasteiger partial charge in [-0.25, -0.2) is 25.1 Å². The zero-order chi connectivity index (χ0) is 30.4. The number of nitrogens with one attached hydrogen (secondary N) is 2. The second kappa shape index (κ2) is 13.1. The maximum absolute atomic E-state index is 14.2. The molecule has 226 valence electrons. The summed E-state index contributed by atoms with van der Waals surface area (Å²) in [7, 11) is -3.70. The van der Waals surface area contributed by atoms with Crippen LogP contribution in [0.3, 0.4) is 0 Å². The van der Waals surface area contributed by atoms with Crippen LogP contribution in [-0.4, -0.2) is 56.4 Å². The zero-order valence-corrected chi connectivity index (χ0v) is 24.3. The summed E-state index contributed by atoms with van der Waals surface area (Å²) in [5.74, 6) is -0.743. The largest absolute Gasteiger partial charge is 0.573 e. The number of nitrogen functional groups attached to an aromatic ring is 1. The molecule has 0 spiro atoms. The highest BCUT2D eigenvalue weighted by Gasteiger charge is 2.38. The Balaban J connectivity index is 1.76. The molecule has 4 N–H and O–H groups in total. The molecule has 3 rings (SSSR count). The molecule has 1 unspecified atom stereocenters. The molecule has 0 radical (unpaired) electrons. The quantitative estimate of drug-likeness (QED) is 0.176. The predicted octanol–water partition coefficient (Wildman–Crippen LogP) is 4.54. The SMILES string of the molecule is CCCOC(=O)C(C)(C)NP(=O)(CO[C@@H](C)Cn1cnc2c(N)ncnc21)N[C@@H](C)c1ccc(OC(F)(F)F)cc1. The highest BCUT2D eigenvalue weighted by molar-refractivity contribution is 7.59. The Hall–Kier alpha value is -3.26. The minimum absolute atomic E-state index is 0.199. The van der Waals surface area contributed by atoms with E-state index < -0.39 is 37.5 Å². The number of alkyl halides is 3. The Bertz CT molecular complexity index is 1370. The van der Waals surface area contributed by atoms with Crippen LogP contribution >= 0.6 is 7.44 Å². The first kappa shape index (κ1) is 32.3. The third-order valence-corrected chi connectivity index (χ3v) is 8.09. The maximum atomic E-state index is 14.2. The monoisotopic (exact) mass is 601 g/mol. The van der Waals surface area contributed by atoms with Crippen molar-refractivity contribution in [2.75, 3.05) is 18.7 Å². The number of rotatable bonds is 14. The number of hydrogen-bond acceptors (Lipinski definition) is 9. The lowest BCUT2D eigenvalue weighted by molar-refractivity contribution is -0.274. The lowest BCUT2D eigenvalue weighted by Gasteiger charge is -2.33. The van der Waals surface area contributed by atoms with Gasteiger partial charge in [0.15, 0.2) is 11.5 Å². The molecule has 0 fully saturated rings. The van der Waals surface area contributed by atoms with E-state index >= 15 is 0 Å². The molecular formula is C25H35F3N7O5P. The van der Waals surface area contributed by atoms with Crippen LogP contribution in [0, 0.1) is 0 Å². The minimum atomic E-state index is -4.82. The number of carbonyl (C=O) groups excluding carboxylic acids is 1. The number of benzene rings is 1. The molecule has 0 saturated heterocycles. The van der Waals surface area contributed by atoms with E-state index in [1.165, 1.54) is 18.5 Å². The van der Waals surface area contributed by atoms with Crippen LogP contribution in [0.2, 0.25) is 0 Å². The molecule has 12 nitrogen and oxygen atoms in total. The van der Waals surface area contributed by atoms with Gasteiger partial charge in [0.25, 0.3) is 0 Å². The summed E-state index contributed by atoms with van der Waals surface area (Å²) in [6.07, 6.45) is -2.14. The smallest absolute Gasteiger partial charge is 0.464 e. The number of imidazole rings is 1. The number of aromatic nitrogens is 4. The number of esters is 1. The molecule has 41 heavy (non-hydrogen) atoms. The topological polar surface area (TPSA) is 156 Å². The van der Waals surface area contributed by atoms with Crippen molar-refractivity contribution in [3.05, 3.63) is 42.5 Å². The van der Waals surface area contributed by atoms with Crippen LogP contribution in [0.4, 0.5) is 19.0 Å². The molecule has 3 atom stereocenters. The van der Waals surface area contributed by atoms with Gasteiger partial charge in [0, 0.05) is 6.04 Å². The average Bonchev–Trinajstić information content (AvgIpc) is 3.29. The van der Waals surface area contributed by atoms with E-state index in [1.807, 2.05) is 6.92 Å². The van der Waals surface area contributed by atoms with Crippen molar-refractivity contribution in [2.45, 2.75) is 71.6 Å². The number of ether oxygens (including phenoxy) is 3. The van der Waals surface area contributed by atoms with Gasteiger partial charge in [0.2, 0.25) is 7.44 Å². The van der Waals surface area contributed by atoms with Crippen LogP contribution in [0.25, 0.3) is 11.2 Å². The molecule has 1 aromatic carbocycles. The molecule has 0 bridgehead atoms. The third-order valence-electron chi connectivity index (χ3n) is 5.85. The molecule has 3 aromatic rings. The Morgan fingerprint density at radius 1 is 1.15 bits per heavy atom. The van der Waals surface area contributed by atoms with Crippen molar-refractivity contribution in [3.8, 4) is 5.75 Å². The first-order chi connectivity index (χ1) is 19.1. The Morgan fingerprint density at radius 2 is 1.83 bits per heavy atom. The standard InChI is InChI=1S/C25H35F3N7O5P/c1-6-11-38-23(36)24(4,5)34-41(37,33-17(3)18-7-9-19(10-8-18)40-25(26,27)28)15-39-16(2)12-35-14-32-20-21(29)30-13-31-22(20)35/h7-10,13-14,16-17H,6,11-12,15H2,1-5H3,(H2,29,30,31)(H2,33,34,37)/t16-,17-,41?/m0/s1. The molecule has 2 aromatic heterocycles. The summed E-state index contributed by atoms with van der Waals surface area (Å²) in [6.45, 7) is 8.88. The van der Waals surface area contributed by atoms with Crippen molar-refractivity contribution in [1.82, 2.24) is 29.7 Å². The number of nitrogens with two attached hydrogens (primary N) is 1. The van der Waals surface area contributed by atoms with Gasteiger partial charge in [-0.2, -0.15) is 0 Å². The van der Waals surface area contributed by atoms with E-state index in [1.54, 1.807) is 38.6 Å². The molecular weight excluding hydrogens is 566 g/mol. The van der Waals surface area contributed by atoms with Gasteiger partial charge in [-0.1, -0.05) is 19.1 Å².